The molecule has 1 aromatic rings. The van der Waals surface area contributed by atoms with E-state index in [0.29, 0.717) is 6.42 Å². The van der Waals surface area contributed by atoms with Crippen molar-refractivity contribution in [2.24, 2.45) is 0 Å². The van der Waals surface area contributed by atoms with Crippen molar-refractivity contribution in [3.63, 3.8) is 0 Å². The molecule has 0 aromatic heterocycles. The number of benzene rings is 1. The molecule has 2 nitrogen and oxygen atoms in total. The number of carbonyl (C=O) groups excluding carboxylic acids is 1. The Balaban J connectivity index is 2.47. The summed E-state index contributed by atoms with van der Waals surface area (Å²) < 4.78 is 6.01. The molecule has 0 amide bonds. The van der Waals surface area contributed by atoms with Crippen molar-refractivity contribution in [1.82, 2.24) is 0 Å². The first kappa shape index (κ1) is 14.1. The van der Waals surface area contributed by atoms with Crippen molar-refractivity contribution in [3.05, 3.63) is 35.9 Å². The highest BCUT2D eigenvalue weighted by Crippen LogP contribution is 2.15. The molecule has 1 rings (SSSR count). The minimum Gasteiger partial charge on any atom is -0.414 e. The van der Waals surface area contributed by atoms with Crippen LogP contribution in [-0.2, 0) is 15.6 Å². The Bertz CT molecular complexity index is 330. The van der Waals surface area contributed by atoms with Gasteiger partial charge < -0.3 is 9.22 Å². The van der Waals surface area contributed by atoms with Gasteiger partial charge in [-0.3, -0.25) is 0 Å². The van der Waals surface area contributed by atoms with E-state index in [-0.39, 0.29) is 6.10 Å². The van der Waals surface area contributed by atoms with Gasteiger partial charge in [0.05, 0.1) is 6.10 Å². The van der Waals surface area contributed by atoms with Crippen molar-refractivity contribution in [1.29, 1.82) is 0 Å². The van der Waals surface area contributed by atoms with Gasteiger partial charge in [-0.2, -0.15) is 0 Å². The molecule has 0 aliphatic heterocycles. The topological polar surface area (TPSA) is 26.3 Å². The van der Waals surface area contributed by atoms with E-state index < -0.39 is 8.32 Å². The number of aryl methyl sites for hydroxylation is 1. The van der Waals surface area contributed by atoms with Crippen molar-refractivity contribution in [2.75, 3.05) is 0 Å². The molecule has 0 fully saturated rings. The summed E-state index contributed by atoms with van der Waals surface area (Å²) in [6.07, 6.45) is 3.46. The Hall–Kier alpha value is -0.933. The Morgan fingerprint density at radius 1 is 1.24 bits per heavy atom. The number of carbonyl (C=O) groups is 1. The zero-order valence-electron chi connectivity index (χ0n) is 11.0. The summed E-state index contributed by atoms with van der Waals surface area (Å²) in [5.74, 6) is 0. The minimum absolute atomic E-state index is 0.0828. The van der Waals surface area contributed by atoms with Crippen LogP contribution in [0.5, 0.6) is 0 Å². The van der Waals surface area contributed by atoms with E-state index in [0.717, 1.165) is 19.1 Å². The number of aldehydes is 1. The minimum atomic E-state index is -1.55. The van der Waals surface area contributed by atoms with Gasteiger partial charge in [-0.1, -0.05) is 30.3 Å². The molecule has 0 N–H and O–H groups in total. The molecule has 0 unspecified atom stereocenters. The van der Waals surface area contributed by atoms with E-state index in [4.69, 9.17) is 4.43 Å². The fraction of sp³-hybridized carbons (Fsp3) is 0.500. The van der Waals surface area contributed by atoms with Gasteiger partial charge in [0, 0.05) is 6.42 Å². The zero-order valence-corrected chi connectivity index (χ0v) is 12.0. The summed E-state index contributed by atoms with van der Waals surface area (Å²) >= 11 is 0. The van der Waals surface area contributed by atoms with E-state index >= 15 is 0 Å². The summed E-state index contributed by atoms with van der Waals surface area (Å²) in [4.78, 5) is 10.6. The number of hydrogen-bond donors (Lipinski definition) is 0. The Morgan fingerprint density at radius 2 is 1.88 bits per heavy atom. The van der Waals surface area contributed by atoms with Crippen molar-refractivity contribution in [3.8, 4) is 0 Å². The van der Waals surface area contributed by atoms with Gasteiger partial charge in [0.2, 0.25) is 0 Å². The van der Waals surface area contributed by atoms with Gasteiger partial charge >= 0.3 is 0 Å². The predicted octanol–water partition coefficient (Wildman–Crippen LogP) is 3.43. The Labute approximate surface area is 105 Å². The van der Waals surface area contributed by atoms with Crippen LogP contribution in [0.1, 0.15) is 18.4 Å². The smallest absolute Gasteiger partial charge is 0.184 e. The summed E-state index contributed by atoms with van der Waals surface area (Å²) in [7, 11) is -1.55. The maximum Gasteiger partial charge on any atom is 0.184 e. The highest BCUT2D eigenvalue weighted by Gasteiger charge is 2.20. The Kier molecular flexibility index (Phi) is 5.58. The lowest BCUT2D eigenvalue weighted by Gasteiger charge is -2.25. The van der Waals surface area contributed by atoms with Crippen LogP contribution in [0.25, 0.3) is 0 Å². The molecule has 3 heteroatoms. The van der Waals surface area contributed by atoms with E-state index in [1.165, 1.54) is 5.56 Å². The normalized spacial score (nSPS) is 13.4. The summed E-state index contributed by atoms with van der Waals surface area (Å²) in [5, 5.41) is 0. The second-order valence-electron chi connectivity index (χ2n) is 5.28. The molecule has 0 radical (unpaired) electrons. The van der Waals surface area contributed by atoms with Crippen LogP contribution in [0.2, 0.25) is 19.6 Å². The summed E-state index contributed by atoms with van der Waals surface area (Å²) in [5.41, 5.74) is 1.31. The lowest BCUT2D eigenvalue weighted by atomic mass is 10.1. The van der Waals surface area contributed by atoms with Crippen LogP contribution in [-0.4, -0.2) is 20.7 Å². The molecule has 0 bridgehead atoms. The highest BCUT2D eigenvalue weighted by atomic mass is 28.4. The largest absolute Gasteiger partial charge is 0.414 e. The predicted molar refractivity (Wildman–Crippen MR) is 73.7 cm³/mol. The summed E-state index contributed by atoms with van der Waals surface area (Å²) in [6, 6.07) is 10.3. The average molecular weight is 250 g/mol. The fourth-order valence-corrected chi connectivity index (χ4v) is 3.02. The monoisotopic (exact) mass is 250 g/mol. The molecule has 1 aromatic carbocycles. The lowest BCUT2D eigenvalue weighted by molar-refractivity contribution is -0.109. The average Bonchev–Trinajstić information content (AvgIpc) is 2.26. The third-order valence-corrected chi connectivity index (χ3v) is 3.52. The number of rotatable bonds is 7. The zero-order chi connectivity index (χ0) is 12.7. The molecular formula is C14H22O2Si. The van der Waals surface area contributed by atoms with Gasteiger partial charge in [0.15, 0.2) is 8.32 Å². The first-order valence-electron chi connectivity index (χ1n) is 6.16. The second-order valence-corrected chi connectivity index (χ2v) is 9.74. The van der Waals surface area contributed by atoms with Gasteiger partial charge in [-0.05, 0) is 38.0 Å². The lowest BCUT2D eigenvalue weighted by Crippen LogP contribution is -2.32. The summed E-state index contributed by atoms with van der Waals surface area (Å²) in [6.45, 7) is 6.48. The molecule has 17 heavy (non-hydrogen) atoms. The fourth-order valence-electron chi connectivity index (χ4n) is 1.80. The van der Waals surface area contributed by atoms with E-state index in [9.17, 15) is 4.79 Å². The van der Waals surface area contributed by atoms with E-state index in [1.54, 1.807) is 0 Å². The van der Waals surface area contributed by atoms with Crippen LogP contribution in [0, 0.1) is 0 Å². The molecule has 0 saturated heterocycles. The second kappa shape index (κ2) is 6.72. The highest BCUT2D eigenvalue weighted by molar-refractivity contribution is 6.69. The Morgan fingerprint density at radius 3 is 2.41 bits per heavy atom. The van der Waals surface area contributed by atoms with Crippen molar-refractivity contribution in [2.45, 2.75) is 45.0 Å². The van der Waals surface area contributed by atoms with Crippen LogP contribution in [0.15, 0.2) is 30.3 Å². The molecule has 0 spiro atoms. The first-order chi connectivity index (χ1) is 8.01. The molecule has 0 heterocycles. The first-order valence-corrected chi connectivity index (χ1v) is 9.57. The van der Waals surface area contributed by atoms with Gasteiger partial charge in [0.25, 0.3) is 0 Å². The SMILES string of the molecule is C[Si](C)(C)O[C@H](CC=O)CCc1ccccc1. The van der Waals surface area contributed by atoms with Crippen LogP contribution in [0.4, 0.5) is 0 Å². The third-order valence-electron chi connectivity index (χ3n) is 2.48. The molecule has 94 valence electrons. The van der Waals surface area contributed by atoms with Crippen molar-refractivity contribution >= 4 is 14.6 Å². The number of hydrogen-bond acceptors (Lipinski definition) is 2. The standard InChI is InChI=1S/C14H22O2Si/c1-17(2,3)16-14(11-12-15)10-9-13-7-5-4-6-8-13/h4-8,12,14H,9-11H2,1-3H3/t14-/m0/s1. The molecule has 0 aliphatic carbocycles. The van der Waals surface area contributed by atoms with Crippen LogP contribution in [0.3, 0.4) is 0 Å². The quantitative estimate of drug-likeness (QED) is 0.547. The van der Waals surface area contributed by atoms with Crippen molar-refractivity contribution < 1.29 is 9.22 Å². The third kappa shape index (κ3) is 6.39. The molecule has 1 atom stereocenters. The maximum absolute atomic E-state index is 10.6. The van der Waals surface area contributed by atoms with Crippen LogP contribution >= 0.6 is 0 Å². The maximum atomic E-state index is 10.6. The van der Waals surface area contributed by atoms with E-state index in [1.807, 2.05) is 18.2 Å². The van der Waals surface area contributed by atoms with Gasteiger partial charge in [0.1, 0.15) is 6.29 Å². The molecule has 0 saturated carbocycles. The van der Waals surface area contributed by atoms with Gasteiger partial charge in [-0.25, -0.2) is 0 Å². The van der Waals surface area contributed by atoms with E-state index in [2.05, 4.69) is 31.8 Å². The van der Waals surface area contributed by atoms with Crippen LogP contribution < -0.4 is 0 Å². The molecule has 0 aliphatic rings. The van der Waals surface area contributed by atoms with Gasteiger partial charge in [-0.15, -0.1) is 0 Å². The molecular weight excluding hydrogens is 228 g/mol.